The molecular formula is C16H19NO. The van der Waals surface area contributed by atoms with Crippen molar-refractivity contribution < 1.29 is 4.79 Å². The predicted octanol–water partition coefficient (Wildman–Crippen LogP) is 3.30. The fourth-order valence-corrected chi connectivity index (χ4v) is 2.05. The third-order valence-corrected chi connectivity index (χ3v) is 3.25. The molecule has 0 aliphatic carbocycles. The van der Waals surface area contributed by atoms with Crippen molar-refractivity contribution in [1.82, 2.24) is 5.32 Å². The van der Waals surface area contributed by atoms with Crippen molar-refractivity contribution in [2.45, 2.75) is 32.7 Å². The average molecular weight is 241 g/mol. The van der Waals surface area contributed by atoms with Crippen LogP contribution in [0.2, 0.25) is 0 Å². The van der Waals surface area contributed by atoms with Crippen LogP contribution in [0.3, 0.4) is 0 Å². The van der Waals surface area contributed by atoms with Crippen molar-refractivity contribution in [3.63, 3.8) is 0 Å². The quantitative estimate of drug-likeness (QED) is 0.874. The Morgan fingerprint density at radius 3 is 2.67 bits per heavy atom. The summed E-state index contributed by atoms with van der Waals surface area (Å²) in [5.74, 6) is 0.0979. The van der Waals surface area contributed by atoms with Gasteiger partial charge in [0.05, 0.1) is 6.42 Å². The zero-order valence-corrected chi connectivity index (χ0v) is 10.9. The van der Waals surface area contributed by atoms with Crippen LogP contribution in [0.1, 0.15) is 25.8 Å². The molecule has 0 fully saturated rings. The molecule has 0 saturated heterocycles. The summed E-state index contributed by atoms with van der Waals surface area (Å²) in [6.07, 6.45) is 1.41. The van der Waals surface area contributed by atoms with E-state index in [1.54, 1.807) is 0 Å². The van der Waals surface area contributed by atoms with Gasteiger partial charge < -0.3 is 5.32 Å². The number of carbonyl (C=O) groups is 1. The fraction of sp³-hybridized carbons (Fsp3) is 0.312. The number of carbonyl (C=O) groups excluding carboxylic acids is 1. The summed E-state index contributed by atoms with van der Waals surface area (Å²) in [4.78, 5) is 11.9. The molecule has 2 aromatic rings. The molecular weight excluding hydrogens is 222 g/mol. The van der Waals surface area contributed by atoms with E-state index in [9.17, 15) is 4.79 Å². The summed E-state index contributed by atoms with van der Waals surface area (Å²) in [6.45, 7) is 4.10. The highest BCUT2D eigenvalue weighted by Crippen LogP contribution is 2.18. The maximum atomic E-state index is 11.9. The van der Waals surface area contributed by atoms with Crippen molar-refractivity contribution in [3.05, 3.63) is 48.0 Å². The van der Waals surface area contributed by atoms with Gasteiger partial charge in [0.2, 0.25) is 5.91 Å². The van der Waals surface area contributed by atoms with Gasteiger partial charge in [0, 0.05) is 6.04 Å². The second-order valence-electron chi connectivity index (χ2n) is 4.69. The van der Waals surface area contributed by atoms with Crippen LogP contribution in [0.4, 0.5) is 0 Å². The first-order chi connectivity index (χ1) is 8.70. The van der Waals surface area contributed by atoms with E-state index < -0.39 is 0 Å². The van der Waals surface area contributed by atoms with Crippen LogP contribution in [-0.4, -0.2) is 11.9 Å². The lowest BCUT2D eigenvalue weighted by Gasteiger charge is -2.12. The summed E-state index contributed by atoms with van der Waals surface area (Å²) < 4.78 is 0. The van der Waals surface area contributed by atoms with Gasteiger partial charge in [-0.1, -0.05) is 49.4 Å². The van der Waals surface area contributed by atoms with Crippen LogP contribution in [0.25, 0.3) is 10.8 Å². The number of benzene rings is 2. The molecule has 1 amide bonds. The Hall–Kier alpha value is -1.83. The number of rotatable bonds is 4. The van der Waals surface area contributed by atoms with Crippen LogP contribution in [-0.2, 0) is 11.2 Å². The average Bonchev–Trinajstić information content (AvgIpc) is 2.39. The van der Waals surface area contributed by atoms with Crippen LogP contribution < -0.4 is 5.32 Å². The van der Waals surface area contributed by atoms with Gasteiger partial charge in [-0.05, 0) is 29.7 Å². The first kappa shape index (κ1) is 12.6. The Kier molecular flexibility index (Phi) is 3.98. The SMILES string of the molecule is CCC(C)NC(=O)Cc1cccc2ccccc12. The number of nitrogens with one attached hydrogen (secondary N) is 1. The van der Waals surface area contributed by atoms with Gasteiger partial charge in [-0.3, -0.25) is 4.79 Å². The standard InChI is InChI=1S/C16H19NO/c1-3-12(2)17-16(18)11-14-9-6-8-13-7-4-5-10-15(13)14/h4-10,12H,3,11H2,1-2H3,(H,17,18). The van der Waals surface area contributed by atoms with Crippen molar-refractivity contribution in [2.75, 3.05) is 0 Å². The van der Waals surface area contributed by atoms with Crippen LogP contribution >= 0.6 is 0 Å². The molecule has 1 N–H and O–H groups in total. The Bertz CT molecular complexity index is 542. The topological polar surface area (TPSA) is 29.1 Å². The summed E-state index contributed by atoms with van der Waals surface area (Å²) in [5.41, 5.74) is 1.09. The van der Waals surface area contributed by atoms with Gasteiger partial charge in [-0.15, -0.1) is 0 Å². The van der Waals surface area contributed by atoms with Crippen LogP contribution in [0, 0.1) is 0 Å². The Morgan fingerprint density at radius 2 is 1.89 bits per heavy atom. The molecule has 1 atom stereocenters. The summed E-state index contributed by atoms with van der Waals surface area (Å²) in [7, 11) is 0. The van der Waals surface area contributed by atoms with E-state index in [0.29, 0.717) is 6.42 Å². The Morgan fingerprint density at radius 1 is 1.17 bits per heavy atom. The molecule has 18 heavy (non-hydrogen) atoms. The van der Waals surface area contributed by atoms with Crippen molar-refractivity contribution in [3.8, 4) is 0 Å². The van der Waals surface area contributed by atoms with E-state index in [2.05, 4.69) is 30.4 Å². The molecule has 0 saturated carbocycles. The molecule has 0 heterocycles. The first-order valence-electron chi connectivity index (χ1n) is 6.46. The van der Waals surface area contributed by atoms with Gasteiger partial charge in [-0.2, -0.15) is 0 Å². The lowest BCUT2D eigenvalue weighted by atomic mass is 10.0. The Balaban J connectivity index is 2.19. The van der Waals surface area contributed by atoms with Gasteiger partial charge >= 0.3 is 0 Å². The summed E-state index contributed by atoms with van der Waals surface area (Å²) >= 11 is 0. The largest absolute Gasteiger partial charge is 0.353 e. The first-order valence-corrected chi connectivity index (χ1v) is 6.46. The minimum absolute atomic E-state index is 0.0979. The second-order valence-corrected chi connectivity index (χ2v) is 4.69. The van der Waals surface area contributed by atoms with Gasteiger partial charge in [0.15, 0.2) is 0 Å². The fourth-order valence-electron chi connectivity index (χ4n) is 2.05. The van der Waals surface area contributed by atoms with E-state index in [1.807, 2.05) is 31.2 Å². The second kappa shape index (κ2) is 5.67. The molecule has 0 aliphatic rings. The smallest absolute Gasteiger partial charge is 0.224 e. The number of hydrogen-bond donors (Lipinski definition) is 1. The van der Waals surface area contributed by atoms with E-state index in [-0.39, 0.29) is 11.9 Å². The molecule has 0 bridgehead atoms. The zero-order valence-electron chi connectivity index (χ0n) is 10.9. The molecule has 1 unspecified atom stereocenters. The molecule has 2 rings (SSSR count). The maximum absolute atomic E-state index is 11.9. The molecule has 0 aliphatic heterocycles. The third kappa shape index (κ3) is 2.89. The third-order valence-electron chi connectivity index (χ3n) is 3.25. The van der Waals surface area contributed by atoms with Crippen molar-refractivity contribution in [1.29, 1.82) is 0 Å². The predicted molar refractivity (Wildman–Crippen MR) is 75.5 cm³/mol. The van der Waals surface area contributed by atoms with Gasteiger partial charge in [0.25, 0.3) is 0 Å². The highest BCUT2D eigenvalue weighted by molar-refractivity contribution is 5.90. The molecule has 94 valence electrons. The molecule has 2 aromatic carbocycles. The summed E-state index contributed by atoms with van der Waals surface area (Å²) in [6, 6.07) is 14.5. The monoisotopic (exact) mass is 241 g/mol. The molecule has 0 radical (unpaired) electrons. The zero-order chi connectivity index (χ0) is 13.0. The van der Waals surface area contributed by atoms with E-state index in [4.69, 9.17) is 0 Å². The molecule has 2 heteroatoms. The number of hydrogen-bond acceptors (Lipinski definition) is 1. The normalized spacial score (nSPS) is 12.3. The van der Waals surface area contributed by atoms with E-state index >= 15 is 0 Å². The van der Waals surface area contributed by atoms with Crippen LogP contribution in [0.5, 0.6) is 0 Å². The lowest BCUT2D eigenvalue weighted by molar-refractivity contribution is -0.121. The highest BCUT2D eigenvalue weighted by Gasteiger charge is 2.08. The Labute approximate surface area is 108 Å². The van der Waals surface area contributed by atoms with Gasteiger partial charge in [-0.25, -0.2) is 0 Å². The number of amides is 1. The van der Waals surface area contributed by atoms with Crippen LogP contribution in [0.15, 0.2) is 42.5 Å². The van der Waals surface area contributed by atoms with Crippen molar-refractivity contribution in [2.24, 2.45) is 0 Å². The lowest BCUT2D eigenvalue weighted by Crippen LogP contribution is -2.33. The summed E-state index contributed by atoms with van der Waals surface area (Å²) in [5, 5.41) is 5.36. The van der Waals surface area contributed by atoms with Crippen molar-refractivity contribution >= 4 is 16.7 Å². The van der Waals surface area contributed by atoms with E-state index in [1.165, 1.54) is 10.8 Å². The maximum Gasteiger partial charge on any atom is 0.224 e. The minimum Gasteiger partial charge on any atom is -0.353 e. The van der Waals surface area contributed by atoms with Gasteiger partial charge in [0.1, 0.15) is 0 Å². The van der Waals surface area contributed by atoms with E-state index in [0.717, 1.165) is 12.0 Å². The molecule has 2 nitrogen and oxygen atoms in total. The highest BCUT2D eigenvalue weighted by atomic mass is 16.1. The molecule has 0 aromatic heterocycles. The molecule has 0 spiro atoms. The minimum atomic E-state index is 0.0979. The number of fused-ring (bicyclic) bond motifs is 1.